The minimum absolute atomic E-state index is 0. The number of benzene rings is 1. The zero-order valence-corrected chi connectivity index (χ0v) is 21.5. The molecule has 7 nitrogen and oxygen atoms in total. The number of aliphatic carboxylic acids is 2. The molecule has 1 fully saturated rings. The van der Waals surface area contributed by atoms with Crippen molar-refractivity contribution in [1.29, 1.82) is 0 Å². The van der Waals surface area contributed by atoms with Crippen LogP contribution in [0.15, 0.2) is 35.4 Å². The molecule has 1 heterocycles. The molecule has 0 bridgehead atoms. The third-order valence-corrected chi connectivity index (χ3v) is 4.72. The molecule has 1 aliphatic rings. The molecule has 0 unspecified atom stereocenters. The maximum Gasteiger partial charge on any atom is 0.332 e. The van der Waals surface area contributed by atoms with Crippen LogP contribution in [0.4, 0.5) is 0 Å². The second kappa shape index (κ2) is 12.9. The molecule has 0 aliphatic carbocycles. The summed E-state index contributed by atoms with van der Waals surface area (Å²) in [5.74, 6) is -3.05. The number of carboxylic acid groups (broad SMARTS) is 2. The number of carboxylic acids is 2. The number of likely N-dealkylation sites (tertiary alicyclic amines) is 1. The summed E-state index contributed by atoms with van der Waals surface area (Å²) < 4.78 is 0. The number of carbonyl (C=O) groups is 3. The summed E-state index contributed by atoms with van der Waals surface area (Å²) in [6.07, 6.45) is 0.731. The van der Waals surface area contributed by atoms with Crippen LogP contribution >= 0.6 is 0 Å². The number of piperidine rings is 1. The van der Waals surface area contributed by atoms with E-state index in [1.807, 2.05) is 0 Å². The van der Waals surface area contributed by atoms with E-state index in [1.165, 1.54) is 0 Å². The predicted molar refractivity (Wildman–Crippen MR) is 110 cm³/mol. The van der Waals surface area contributed by atoms with E-state index in [9.17, 15) is 29.7 Å². The standard InChI is InChI=1S/C20H25NO6.2Na/c1-12(2)17(20(26)27)16(19(24)25)11-13-3-5-14(6-4-13)18(23)21-9-7-15(22)8-10-21;;/h3-6,12,15,22H,7-11H2,1-2H3,(H,24,25)(H,26,27);;/b17-16-;;. The fourth-order valence-electron chi connectivity index (χ4n) is 3.23. The summed E-state index contributed by atoms with van der Waals surface area (Å²) in [5, 5.41) is 28.3. The summed E-state index contributed by atoms with van der Waals surface area (Å²) >= 11 is 0. The number of hydrogen-bond acceptors (Lipinski definition) is 4. The van der Waals surface area contributed by atoms with Gasteiger partial charge in [-0.15, -0.1) is 0 Å². The van der Waals surface area contributed by atoms with Gasteiger partial charge in [0.25, 0.3) is 5.91 Å². The summed E-state index contributed by atoms with van der Waals surface area (Å²) in [4.78, 5) is 37.2. The van der Waals surface area contributed by atoms with Crippen molar-refractivity contribution in [1.82, 2.24) is 4.90 Å². The van der Waals surface area contributed by atoms with Gasteiger partial charge in [0.2, 0.25) is 0 Å². The minimum atomic E-state index is -1.26. The normalized spacial score (nSPS) is 15.1. The minimum Gasteiger partial charge on any atom is -0.478 e. The molecule has 1 aromatic rings. The van der Waals surface area contributed by atoms with E-state index in [0.29, 0.717) is 37.1 Å². The van der Waals surface area contributed by atoms with Crippen LogP contribution in [-0.2, 0) is 16.0 Å². The Balaban J connectivity index is 0.00000392. The van der Waals surface area contributed by atoms with Gasteiger partial charge in [0.05, 0.1) is 17.3 Å². The average molecular weight is 421 g/mol. The van der Waals surface area contributed by atoms with Gasteiger partial charge < -0.3 is 20.2 Å². The second-order valence-corrected chi connectivity index (χ2v) is 7.05. The largest absolute Gasteiger partial charge is 0.478 e. The third-order valence-electron chi connectivity index (χ3n) is 4.72. The summed E-state index contributed by atoms with van der Waals surface area (Å²) in [6, 6.07) is 6.54. The van der Waals surface area contributed by atoms with Crippen molar-refractivity contribution in [2.45, 2.75) is 39.2 Å². The maximum absolute atomic E-state index is 12.5. The maximum atomic E-state index is 12.5. The fourth-order valence-corrected chi connectivity index (χ4v) is 3.23. The smallest absolute Gasteiger partial charge is 0.332 e. The monoisotopic (exact) mass is 421 g/mol. The number of rotatable bonds is 6. The molecule has 148 valence electrons. The molecule has 1 aromatic carbocycles. The Bertz CT molecular complexity index is 753. The van der Waals surface area contributed by atoms with E-state index < -0.39 is 17.9 Å². The number of carbonyl (C=O) groups excluding carboxylic acids is 1. The van der Waals surface area contributed by atoms with E-state index >= 15 is 0 Å². The Morgan fingerprint density at radius 2 is 1.52 bits per heavy atom. The fraction of sp³-hybridized carbons (Fsp3) is 0.450. The van der Waals surface area contributed by atoms with Crippen LogP contribution < -0.4 is 0 Å². The second-order valence-electron chi connectivity index (χ2n) is 7.05. The molecule has 29 heavy (non-hydrogen) atoms. The number of amides is 1. The SMILES string of the molecule is CC(C)/C(C(=O)O)=C(\Cc1ccc(C(=O)N2CCC(O)CC2)cc1)C(=O)O.[Na].[Na]. The van der Waals surface area contributed by atoms with Crippen LogP contribution in [0.25, 0.3) is 0 Å². The van der Waals surface area contributed by atoms with Gasteiger partial charge in [-0.2, -0.15) is 0 Å². The first-order valence-electron chi connectivity index (χ1n) is 8.96. The Kier molecular flexibility index (Phi) is 12.6. The number of hydrogen-bond donors (Lipinski definition) is 3. The third kappa shape index (κ3) is 7.83. The van der Waals surface area contributed by atoms with Crippen LogP contribution in [0.1, 0.15) is 42.6 Å². The zero-order chi connectivity index (χ0) is 20.1. The van der Waals surface area contributed by atoms with Crippen molar-refractivity contribution in [3.63, 3.8) is 0 Å². The van der Waals surface area contributed by atoms with Crippen LogP contribution in [0, 0.1) is 5.92 Å². The zero-order valence-electron chi connectivity index (χ0n) is 17.5. The van der Waals surface area contributed by atoms with Crippen molar-refractivity contribution in [2.24, 2.45) is 5.92 Å². The van der Waals surface area contributed by atoms with Crippen LogP contribution in [0.2, 0.25) is 0 Å². The molecular formula is C20H25NNa2O6. The molecule has 2 radical (unpaired) electrons. The molecule has 1 saturated heterocycles. The van der Waals surface area contributed by atoms with Gasteiger partial charge in [0.15, 0.2) is 0 Å². The van der Waals surface area contributed by atoms with Crippen molar-refractivity contribution >= 4 is 77.0 Å². The van der Waals surface area contributed by atoms with Crippen LogP contribution in [0.3, 0.4) is 0 Å². The number of aliphatic hydroxyl groups excluding tert-OH is 1. The summed E-state index contributed by atoms with van der Waals surface area (Å²) in [7, 11) is 0. The van der Waals surface area contributed by atoms with Gasteiger partial charge >= 0.3 is 11.9 Å². The first kappa shape index (κ1) is 28.3. The molecule has 0 spiro atoms. The Labute approximate surface area is 214 Å². The molecule has 2 rings (SSSR count). The topological polar surface area (TPSA) is 115 Å². The molecule has 1 aliphatic heterocycles. The molecular weight excluding hydrogens is 396 g/mol. The van der Waals surface area contributed by atoms with Crippen molar-refractivity contribution in [3.05, 3.63) is 46.5 Å². The summed E-state index contributed by atoms with van der Waals surface area (Å²) in [5.41, 5.74) is 0.840. The average Bonchev–Trinajstić information content (AvgIpc) is 2.61. The van der Waals surface area contributed by atoms with Crippen LogP contribution in [0.5, 0.6) is 0 Å². The van der Waals surface area contributed by atoms with Crippen LogP contribution in [-0.4, -0.2) is 116 Å². The quantitative estimate of drug-likeness (QED) is 0.470. The molecule has 9 heteroatoms. The van der Waals surface area contributed by atoms with Gasteiger partial charge in [-0.25, -0.2) is 9.59 Å². The van der Waals surface area contributed by atoms with E-state index in [1.54, 1.807) is 43.0 Å². The molecule has 3 N–H and O–H groups in total. The van der Waals surface area contributed by atoms with Gasteiger partial charge in [0.1, 0.15) is 0 Å². The molecule has 1 amide bonds. The molecule has 0 saturated carbocycles. The number of aliphatic hydroxyl groups is 1. The van der Waals surface area contributed by atoms with E-state index in [4.69, 9.17) is 0 Å². The van der Waals surface area contributed by atoms with Crippen molar-refractivity contribution in [3.8, 4) is 0 Å². The first-order valence-corrected chi connectivity index (χ1v) is 8.96. The number of nitrogens with zero attached hydrogens (tertiary/aromatic N) is 1. The molecule has 0 atom stereocenters. The van der Waals surface area contributed by atoms with Gasteiger partial charge in [0, 0.05) is 84.2 Å². The van der Waals surface area contributed by atoms with E-state index in [-0.39, 0.29) is 88.7 Å². The Morgan fingerprint density at radius 3 is 1.93 bits per heavy atom. The molecule has 0 aromatic heterocycles. The van der Waals surface area contributed by atoms with E-state index in [2.05, 4.69) is 0 Å². The summed E-state index contributed by atoms with van der Waals surface area (Å²) in [6.45, 7) is 4.29. The van der Waals surface area contributed by atoms with Gasteiger partial charge in [-0.3, -0.25) is 4.79 Å². The van der Waals surface area contributed by atoms with Crippen molar-refractivity contribution < 1.29 is 29.7 Å². The van der Waals surface area contributed by atoms with Crippen molar-refractivity contribution in [2.75, 3.05) is 13.1 Å². The first-order chi connectivity index (χ1) is 12.7. The van der Waals surface area contributed by atoms with Gasteiger partial charge in [-0.05, 0) is 36.5 Å². The Hall–Kier alpha value is -0.670. The van der Waals surface area contributed by atoms with E-state index in [0.717, 1.165) is 0 Å². The predicted octanol–water partition coefficient (Wildman–Crippen LogP) is 1.19. The van der Waals surface area contributed by atoms with Gasteiger partial charge in [-0.1, -0.05) is 26.0 Å². The Morgan fingerprint density at radius 1 is 1.00 bits per heavy atom.